The summed E-state index contributed by atoms with van der Waals surface area (Å²) in [6.07, 6.45) is 3.21. The van der Waals surface area contributed by atoms with Crippen molar-refractivity contribution < 1.29 is 35.1 Å². The molecule has 0 aromatic carbocycles. The van der Waals surface area contributed by atoms with Crippen LogP contribution in [0.3, 0.4) is 0 Å². The Hall–Kier alpha value is -0.860. The fraction of sp³-hybridized carbons (Fsp3) is 0.895. The molecule has 0 aromatic rings. The monoisotopic (exact) mass is 376 g/mol. The third kappa shape index (κ3) is 7.80. The van der Waals surface area contributed by atoms with E-state index < -0.39 is 42.1 Å². The maximum atomic E-state index is 12.3. The molecule has 0 amide bonds. The predicted molar refractivity (Wildman–Crippen MR) is 97.6 cm³/mol. The van der Waals surface area contributed by atoms with E-state index in [-0.39, 0.29) is 6.42 Å². The van der Waals surface area contributed by atoms with Gasteiger partial charge in [-0.25, -0.2) is 0 Å². The van der Waals surface area contributed by atoms with Crippen LogP contribution < -0.4 is 0 Å². The van der Waals surface area contributed by atoms with Crippen LogP contribution in [0.1, 0.15) is 78.1 Å². The summed E-state index contributed by atoms with van der Waals surface area (Å²) in [5.74, 6) is -1.89. The quantitative estimate of drug-likeness (QED) is 0.199. The van der Waals surface area contributed by atoms with Crippen LogP contribution in [0.2, 0.25) is 0 Å². The van der Waals surface area contributed by atoms with Crippen molar-refractivity contribution in [3.8, 4) is 0 Å². The SMILES string of the molecule is CCCCCCCCCCCC(=O)C(O)(C(C)=O)C(O)C(O)C(O)CO. The third-order valence-corrected chi connectivity index (χ3v) is 4.80. The van der Waals surface area contributed by atoms with Crippen LogP contribution in [0.4, 0.5) is 0 Å². The van der Waals surface area contributed by atoms with Gasteiger partial charge >= 0.3 is 0 Å². The zero-order valence-corrected chi connectivity index (χ0v) is 16.1. The first-order valence-electron chi connectivity index (χ1n) is 9.65. The van der Waals surface area contributed by atoms with E-state index >= 15 is 0 Å². The fourth-order valence-electron chi connectivity index (χ4n) is 2.92. The number of rotatable bonds is 16. The maximum Gasteiger partial charge on any atom is 0.209 e. The Bertz CT molecular complexity index is 413. The molecule has 4 atom stereocenters. The topological polar surface area (TPSA) is 135 Å². The first-order chi connectivity index (χ1) is 12.2. The molecular formula is C19H36O7. The van der Waals surface area contributed by atoms with Crippen LogP contribution in [0.5, 0.6) is 0 Å². The van der Waals surface area contributed by atoms with Gasteiger partial charge in [-0.1, -0.05) is 58.3 Å². The van der Waals surface area contributed by atoms with Crippen molar-refractivity contribution >= 4 is 11.6 Å². The Morgan fingerprint density at radius 1 is 0.885 bits per heavy atom. The fourth-order valence-corrected chi connectivity index (χ4v) is 2.92. The lowest BCUT2D eigenvalue weighted by molar-refractivity contribution is -0.180. The molecule has 0 aromatic heterocycles. The summed E-state index contributed by atoms with van der Waals surface area (Å²) in [5.41, 5.74) is -2.78. The van der Waals surface area contributed by atoms with Crippen molar-refractivity contribution in [2.24, 2.45) is 0 Å². The summed E-state index contributed by atoms with van der Waals surface area (Å²) in [5, 5.41) is 48.3. The van der Waals surface area contributed by atoms with Gasteiger partial charge in [-0.2, -0.15) is 0 Å². The average molecular weight is 376 g/mol. The van der Waals surface area contributed by atoms with E-state index in [2.05, 4.69) is 6.92 Å². The molecule has 0 aliphatic rings. The van der Waals surface area contributed by atoms with E-state index in [4.69, 9.17) is 5.11 Å². The highest BCUT2D eigenvalue weighted by Crippen LogP contribution is 2.22. The molecule has 0 radical (unpaired) electrons. The Morgan fingerprint density at radius 2 is 1.35 bits per heavy atom. The Balaban J connectivity index is 4.41. The molecule has 0 heterocycles. The zero-order valence-electron chi connectivity index (χ0n) is 16.1. The van der Waals surface area contributed by atoms with E-state index in [1.165, 1.54) is 25.7 Å². The Kier molecular flexibility index (Phi) is 12.9. The van der Waals surface area contributed by atoms with Gasteiger partial charge in [0.15, 0.2) is 11.6 Å². The largest absolute Gasteiger partial charge is 0.394 e. The molecule has 0 spiro atoms. The van der Waals surface area contributed by atoms with Crippen LogP contribution in [0.25, 0.3) is 0 Å². The second-order valence-electron chi connectivity index (χ2n) is 7.01. The normalized spacial score (nSPS) is 17.3. The molecule has 154 valence electrons. The van der Waals surface area contributed by atoms with Gasteiger partial charge in [0.25, 0.3) is 0 Å². The van der Waals surface area contributed by atoms with Crippen LogP contribution >= 0.6 is 0 Å². The number of carbonyl (C=O) groups is 2. The van der Waals surface area contributed by atoms with E-state index in [0.717, 1.165) is 32.6 Å². The number of ketones is 2. The molecule has 0 fully saturated rings. The molecule has 0 rings (SSSR count). The molecule has 0 saturated heterocycles. The molecule has 7 heteroatoms. The Labute approximate surface area is 156 Å². The summed E-state index contributed by atoms with van der Waals surface area (Å²) in [6.45, 7) is 2.23. The van der Waals surface area contributed by atoms with Crippen molar-refractivity contribution in [3.05, 3.63) is 0 Å². The van der Waals surface area contributed by atoms with Crippen molar-refractivity contribution in [3.63, 3.8) is 0 Å². The van der Waals surface area contributed by atoms with Crippen molar-refractivity contribution in [1.82, 2.24) is 0 Å². The summed E-state index contributed by atoms with van der Waals surface area (Å²) in [7, 11) is 0. The molecule has 0 aliphatic carbocycles. The highest BCUT2D eigenvalue weighted by atomic mass is 16.4. The standard InChI is InChI=1S/C19H36O7/c1-3-4-5-6-7-8-9-10-11-12-16(23)19(26,14(2)21)18(25)17(24)15(22)13-20/h15,17-18,20,22,24-26H,3-13H2,1-2H3. The minimum atomic E-state index is -2.78. The number of unbranched alkanes of at least 4 members (excludes halogenated alkanes) is 8. The first kappa shape index (κ1) is 25.1. The van der Waals surface area contributed by atoms with Crippen LogP contribution in [-0.4, -0.2) is 67.6 Å². The Morgan fingerprint density at radius 3 is 1.77 bits per heavy atom. The predicted octanol–water partition coefficient (Wildman–Crippen LogP) is 0.871. The highest BCUT2D eigenvalue weighted by molar-refractivity contribution is 6.09. The smallest absolute Gasteiger partial charge is 0.209 e. The van der Waals surface area contributed by atoms with Crippen molar-refractivity contribution in [2.75, 3.05) is 6.61 Å². The van der Waals surface area contributed by atoms with Gasteiger partial charge in [-0.15, -0.1) is 0 Å². The van der Waals surface area contributed by atoms with Crippen molar-refractivity contribution in [2.45, 2.75) is 102 Å². The number of aliphatic hydroxyl groups excluding tert-OH is 4. The lowest BCUT2D eigenvalue weighted by Gasteiger charge is -2.33. The molecule has 5 N–H and O–H groups in total. The molecule has 4 unspecified atom stereocenters. The van der Waals surface area contributed by atoms with Crippen LogP contribution in [0.15, 0.2) is 0 Å². The molecular weight excluding hydrogens is 340 g/mol. The van der Waals surface area contributed by atoms with Gasteiger partial charge in [0, 0.05) is 6.42 Å². The number of Topliss-reactive ketones (excluding diaryl/α,β-unsaturated/α-hetero) is 2. The van der Waals surface area contributed by atoms with Crippen molar-refractivity contribution in [1.29, 1.82) is 0 Å². The minimum absolute atomic E-state index is 0.106. The lowest BCUT2D eigenvalue weighted by atomic mass is 9.81. The number of hydrogen-bond donors (Lipinski definition) is 5. The minimum Gasteiger partial charge on any atom is -0.394 e. The number of carbonyl (C=O) groups excluding carboxylic acids is 2. The molecule has 0 bridgehead atoms. The zero-order chi connectivity index (χ0) is 20.2. The van der Waals surface area contributed by atoms with E-state index in [0.29, 0.717) is 6.42 Å². The first-order valence-corrected chi connectivity index (χ1v) is 9.65. The van der Waals surface area contributed by atoms with Gasteiger partial charge in [-0.3, -0.25) is 9.59 Å². The summed E-state index contributed by atoms with van der Waals surface area (Å²) < 4.78 is 0. The van der Waals surface area contributed by atoms with Gasteiger partial charge in [0.05, 0.1) is 6.61 Å². The van der Waals surface area contributed by atoms with Gasteiger partial charge < -0.3 is 25.5 Å². The lowest BCUT2D eigenvalue weighted by Crippen LogP contribution is -2.61. The third-order valence-electron chi connectivity index (χ3n) is 4.80. The summed E-state index contributed by atoms with van der Waals surface area (Å²) in [6, 6.07) is 0. The van der Waals surface area contributed by atoms with Crippen LogP contribution in [-0.2, 0) is 9.59 Å². The second-order valence-corrected chi connectivity index (χ2v) is 7.01. The number of hydrogen-bond acceptors (Lipinski definition) is 7. The molecule has 0 aliphatic heterocycles. The number of aliphatic hydroxyl groups is 5. The molecule has 0 saturated carbocycles. The highest BCUT2D eigenvalue weighted by Gasteiger charge is 2.51. The average Bonchev–Trinajstić information content (AvgIpc) is 2.63. The van der Waals surface area contributed by atoms with Gasteiger partial charge in [0.2, 0.25) is 5.60 Å². The summed E-state index contributed by atoms with van der Waals surface area (Å²) in [4.78, 5) is 24.0. The molecule has 26 heavy (non-hydrogen) atoms. The summed E-state index contributed by atoms with van der Waals surface area (Å²) >= 11 is 0. The van der Waals surface area contributed by atoms with Gasteiger partial charge in [0.1, 0.15) is 18.3 Å². The van der Waals surface area contributed by atoms with Crippen LogP contribution in [0, 0.1) is 0 Å². The van der Waals surface area contributed by atoms with E-state index in [1.54, 1.807) is 0 Å². The van der Waals surface area contributed by atoms with Gasteiger partial charge in [-0.05, 0) is 13.3 Å². The second kappa shape index (κ2) is 13.3. The maximum absolute atomic E-state index is 12.3. The molecule has 7 nitrogen and oxygen atoms in total. The van der Waals surface area contributed by atoms with E-state index in [9.17, 15) is 30.0 Å². The van der Waals surface area contributed by atoms with E-state index in [1.807, 2.05) is 0 Å².